The zero-order chi connectivity index (χ0) is 24.3. The molecule has 2 atom stereocenters. The predicted molar refractivity (Wildman–Crippen MR) is 149 cm³/mol. The van der Waals surface area contributed by atoms with Crippen LogP contribution in [0.4, 0.5) is 0 Å². The van der Waals surface area contributed by atoms with Crippen molar-refractivity contribution in [2.24, 2.45) is 0 Å². The maximum Gasteiger partial charge on any atom is 0.183 e. The van der Waals surface area contributed by atoms with Gasteiger partial charge in [0.1, 0.15) is 5.60 Å². The molecule has 0 unspecified atom stereocenters. The summed E-state index contributed by atoms with van der Waals surface area (Å²) in [7, 11) is -1.47. The van der Waals surface area contributed by atoms with Gasteiger partial charge in [-0.05, 0) is 98.0 Å². The number of ether oxygens (including phenoxy) is 1. The van der Waals surface area contributed by atoms with Gasteiger partial charge in [0.15, 0.2) is 8.32 Å². The molecule has 4 heteroatoms. The standard InChI is InChI=1S/C29H46O2SSi/c1-24(14-12-16-26(3)21-22-32-27-17-9-8-10-18-27)13-11-15-25(2)19-20-28-29(4,31-28)23-30-33(5,6)7/h8-10,14-15,17-18,21,28H,11-13,16,19-20,22-23H2,1-7H3/b24-14+,25-15+,26-21+/t28-,29-/m1/s1. The molecule has 1 aromatic rings. The molecule has 0 amide bonds. The minimum absolute atomic E-state index is 0.0489. The van der Waals surface area contributed by atoms with Crippen molar-refractivity contribution in [3.05, 3.63) is 65.3 Å². The van der Waals surface area contributed by atoms with Crippen molar-refractivity contribution in [1.29, 1.82) is 0 Å². The van der Waals surface area contributed by atoms with Crippen LogP contribution in [0, 0.1) is 0 Å². The molecule has 0 bridgehead atoms. The number of hydrogen-bond acceptors (Lipinski definition) is 3. The molecule has 0 radical (unpaired) electrons. The summed E-state index contributed by atoms with van der Waals surface area (Å²) in [4.78, 5) is 1.34. The first-order chi connectivity index (χ1) is 15.6. The Hall–Kier alpha value is -1.07. The van der Waals surface area contributed by atoms with Crippen LogP contribution in [0.25, 0.3) is 0 Å². The van der Waals surface area contributed by atoms with Crippen molar-refractivity contribution in [1.82, 2.24) is 0 Å². The molecule has 0 saturated carbocycles. The molecule has 1 aromatic carbocycles. The Labute approximate surface area is 209 Å². The van der Waals surface area contributed by atoms with Gasteiger partial charge in [-0.1, -0.05) is 53.1 Å². The van der Waals surface area contributed by atoms with Gasteiger partial charge in [-0.15, -0.1) is 11.8 Å². The zero-order valence-electron chi connectivity index (χ0n) is 22.1. The van der Waals surface area contributed by atoms with Crippen LogP contribution >= 0.6 is 11.8 Å². The second-order valence-electron chi connectivity index (χ2n) is 10.7. The Kier molecular flexibility index (Phi) is 11.7. The maximum absolute atomic E-state index is 6.06. The molecule has 2 nitrogen and oxygen atoms in total. The lowest BCUT2D eigenvalue weighted by atomic mass is 10.0. The van der Waals surface area contributed by atoms with Gasteiger partial charge >= 0.3 is 0 Å². The van der Waals surface area contributed by atoms with E-state index in [9.17, 15) is 0 Å². The molecular formula is C29H46O2SSi. The third kappa shape index (κ3) is 12.3. The summed E-state index contributed by atoms with van der Waals surface area (Å²) in [5, 5.41) is 0. The van der Waals surface area contributed by atoms with E-state index in [1.807, 2.05) is 11.8 Å². The number of thioether (sulfide) groups is 1. The minimum Gasteiger partial charge on any atom is -0.415 e. The highest BCUT2D eigenvalue weighted by molar-refractivity contribution is 7.99. The van der Waals surface area contributed by atoms with E-state index < -0.39 is 8.32 Å². The summed E-state index contributed by atoms with van der Waals surface area (Å²) in [6, 6.07) is 10.6. The highest BCUT2D eigenvalue weighted by atomic mass is 32.2. The van der Waals surface area contributed by atoms with Crippen LogP contribution in [0.3, 0.4) is 0 Å². The van der Waals surface area contributed by atoms with Gasteiger partial charge in [0, 0.05) is 10.6 Å². The Balaban J connectivity index is 1.57. The van der Waals surface area contributed by atoms with E-state index in [0.717, 1.165) is 50.9 Å². The lowest BCUT2D eigenvalue weighted by Crippen LogP contribution is -2.31. The lowest BCUT2D eigenvalue weighted by Gasteiger charge is -2.19. The van der Waals surface area contributed by atoms with Crippen LogP contribution in [0.5, 0.6) is 0 Å². The van der Waals surface area contributed by atoms with Crippen LogP contribution in [-0.4, -0.2) is 32.4 Å². The van der Waals surface area contributed by atoms with Crippen molar-refractivity contribution in [3.63, 3.8) is 0 Å². The zero-order valence-corrected chi connectivity index (χ0v) is 23.9. The third-order valence-electron chi connectivity index (χ3n) is 6.12. The van der Waals surface area contributed by atoms with Crippen molar-refractivity contribution in [2.45, 2.75) is 102 Å². The van der Waals surface area contributed by atoms with Crippen LogP contribution in [-0.2, 0) is 9.16 Å². The average Bonchev–Trinajstić information content (AvgIpc) is 3.41. The Morgan fingerprint density at radius 3 is 2.12 bits per heavy atom. The first-order valence-electron chi connectivity index (χ1n) is 12.5. The molecule has 33 heavy (non-hydrogen) atoms. The SMILES string of the molecule is C/C(=C\CC/C(C)=C/CSc1ccccc1)CC/C=C(\C)CC[C@H]1O[C@]1(C)CO[Si](C)(C)C. The smallest absolute Gasteiger partial charge is 0.183 e. The van der Waals surface area contributed by atoms with E-state index in [0.29, 0.717) is 6.10 Å². The third-order valence-corrected chi connectivity index (χ3v) is 8.07. The number of hydrogen-bond donors (Lipinski definition) is 0. The van der Waals surface area contributed by atoms with E-state index >= 15 is 0 Å². The van der Waals surface area contributed by atoms with Crippen LogP contribution < -0.4 is 0 Å². The second kappa shape index (κ2) is 13.7. The maximum atomic E-state index is 6.06. The molecule has 0 spiro atoms. The fraction of sp³-hybridized carbons (Fsp3) is 0.586. The molecule has 0 aromatic heterocycles. The molecule has 1 fully saturated rings. The molecule has 184 valence electrons. The summed E-state index contributed by atoms with van der Waals surface area (Å²) < 4.78 is 12.0. The summed E-state index contributed by atoms with van der Waals surface area (Å²) in [6.07, 6.45) is 14.4. The Morgan fingerprint density at radius 1 is 0.939 bits per heavy atom. The molecule has 1 heterocycles. The minimum atomic E-state index is -1.47. The van der Waals surface area contributed by atoms with Gasteiger partial charge in [0.05, 0.1) is 12.7 Å². The molecule has 0 N–H and O–H groups in total. The highest BCUT2D eigenvalue weighted by Crippen LogP contribution is 2.40. The van der Waals surface area contributed by atoms with E-state index in [-0.39, 0.29) is 5.60 Å². The normalized spacial score (nSPS) is 22.0. The largest absolute Gasteiger partial charge is 0.415 e. The molecular weight excluding hydrogens is 440 g/mol. The first kappa shape index (κ1) is 28.2. The fourth-order valence-corrected chi connectivity index (χ4v) is 5.33. The molecule has 0 aliphatic carbocycles. The van der Waals surface area contributed by atoms with Gasteiger partial charge < -0.3 is 9.16 Å². The highest BCUT2D eigenvalue weighted by Gasteiger charge is 2.52. The van der Waals surface area contributed by atoms with E-state index in [1.54, 1.807) is 0 Å². The van der Waals surface area contributed by atoms with E-state index in [1.165, 1.54) is 21.6 Å². The number of allylic oxidation sites excluding steroid dienone is 5. The number of benzene rings is 1. The van der Waals surface area contributed by atoms with Gasteiger partial charge in [-0.25, -0.2) is 0 Å². The fourth-order valence-electron chi connectivity index (χ4n) is 3.70. The topological polar surface area (TPSA) is 21.8 Å². The Morgan fingerprint density at radius 2 is 1.52 bits per heavy atom. The molecule has 1 aliphatic rings. The van der Waals surface area contributed by atoms with Gasteiger partial charge in [-0.2, -0.15) is 0 Å². The monoisotopic (exact) mass is 486 g/mol. The first-order valence-corrected chi connectivity index (χ1v) is 16.9. The van der Waals surface area contributed by atoms with Crippen LogP contribution in [0.1, 0.15) is 66.2 Å². The average molecular weight is 487 g/mol. The number of epoxide rings is 1. The lowest BCUT2D eigenvalue weighted by molar-refractivity contribution is 0.196. The van der Waals surface area contributed by atoms with Crippen molar-refractivity contribution in [3.8, 4) is 0 Å². The van der Waals surface area contributed by atoms with Gasteiger partial charge in [0.25, 0.3) is 0 Å². The Bertz CT molecular complexity index is 807. The molecule has 1 aliphatic heterocycles. The van der Waals surface area contributed by atoms with Crippen LogP contribution in [0.2, 0.25) is 19.6 Å². The summed E-state index contributed by atoms with van der Waals surface area (Å²) >= 11 is 1.90. The molecule has 1 saturated heterocycles. The second-order valence-corrected chi connectivity index (χ2v) is 16.3. The molecule has 2 rings (SSSR count). The van der Waals surface area contributed by atoms with Crippen molar-refractivity contribution < 1.29 is 9.16 Å². The number of rotatable bonds is 15. The van der Waals surface area contributed by atoms with E-state index in [2.05, 4.69) is 95.9 Å². The summed E-state index contributed by atoms with van der Waals surface area (Å²) in [5.41, 5.74) is 4.43. The quantitative estimate of drug-likeness (QED) is 0.107. The van der Waals surface area contributed by atoms with Gasteiger partial charge in [0.2, 0.25) is 0 Å². The predicted octanol–water partition coefficient (Wildman–Crippen LogP) is 8.97. The summed E-state index contributed by atoms with van der Waals surface area (Å²) in [5.74, 6) is 1.05. The van der Waals surface area contributed by atoms with E-state index in [4.69, 9.17) is 9.16 Å². The van der Waals surface area contributed by atoms with Gasteiger partial charge in [-0.3, -0.25) is 0 Å². The summed E-state index contributed by atoms with van der Waals surface area (Å²) in [6.45, 7) is 16.5. The van der Waals surface area contributed by atoms with Crippen LogP contribution in [0.15, 0.2) is 70.2 Å². The van der Waals surface area contributed by atoms with Crippen molar-refractivity contribution in [2.75, 3.05) is 12.4 Å². The van der Waals surface area contributed by atoms with Crippen molar-refractivity contribution >= 4 is 20.1 Å².